The highest BCUT2D eigenvalue weighted by molar-refractivity contribution is 5.96. The van der Waals surface area contributed by atoms with E-state index in [-0.39, 0.29) is 44.3 Å². The van der Waals surface area contributed by atoms with Gasteiger partial charge < -0.3 is 10.4 Å². The number of unbranched alkanes of at least 4 members (excludes halogenated alkanes) is 2. The number of aryl methyl sites for hydroxylation is 2. The molecule has 1 aromatic carbocycles. The van der Waals surface area contributed by atoms with Crippen molar-refractivity contribution in [2.24, 2.45) is 22.7 Å². The van der Waals surface area contributed by atoms with Crippen LogP contribution in [0.2, 0.25) is 0 Å². The minimum absolute atomic E-state index is 0.0108. The molecule has 2 fully saturated rings. The van der Waals surface area contributed by atoms with Gasteiger partial charge in [0, 0.05) is 60.9 Å². The lowest BCUT2D eigenvalue weighted by molar-refractivity contribution is -0.143. The molecule has 0 radical (unpaired) electrons. The molecule has 1 saturated carbocycles. The largest absolute Gasteiger partial charge is 0.480 e. The Balaban J connectivity index is 0.811. The maximum absolute atomic E-state index is 15.4. The molecular formula is C43H54F4N6O2. The number of alkyl halides is 4. The topological polar surface area (TPSA) is 95.6 Å². The number of aromatic nitrogens is 3. The van der Waals surface area contributed by atoms with Crippen LogP contribution in [0.5, 0.6) is 0 Å². The standard InChI is InChI=1S/C43H54F4N6O2/c44-42(45,21-6-5-13-37-17-15-31-11-8-23-48-40(31)51-37)34-16-14-32(25-34)38-19-18-36(50-38)12-4-7-22-43(46,47)35-20-24-52(29-35)39(41(54)55)33-26-49-53(28-33)27-30-9-2-1-3-10-30/h1-3,9-10,15,17-19,26,28,32,34-35,38-39H,4-8,11-14,16,20-25,27,29H2,(H,48,51)(H,54,55)/t32?,34-,35-,38?,39?/m1/s1. The molecule has 5 atom stereocenters. The first-order valence-electron chi connectivity index (χ1n) is 20.3. The van der Waals surface area contributed by atoms with Crippen molar-refractivity contribution in [1.29, 1.82) is 0 Å². The number of nitrogens with one attached hydrogen (secondary N) is 1. The van der Waals surface area contributed by atoms with Gasteiger partial charge in [-0.15, -0.1) is 0 Å². The average Bonchev–Trinajstić information content (AvgIpc) is 4.01. The first-order chi connectivity index (χ1) is 26.5. The number of likely N-dealkylation sites (tertiary alicyclic amines) is 1. The van der Waals surface area contributed by atoms with Gasteiger partial charge in [0.15, 0.2) is 0 Å². The molecule has 1 aliphatic carbocycles. The van der Waals surface area contributed by atoms with Crippen LogP contribution in [0.25, 0.3) is 0 Å². The third-order valence-corrected chi connectivity index (χ3v) is 12.3. The van der Waals surface area contributed by atoms with Crippen LogP contribution in [0.1, 0.15) is 105 Å². The summed E-state index contributed by atoms with van der Waals surface area (Å²) < 4.78 is 63.2. The van der Waals surface area contributed by atoms with E-state index in [0.29, 0.717) is 63.5 Å². The van der Waals surface area contributed by atoms with Crippen molar-refractivity contribution in [2.45, 2.75) is 120 Å². The highest BCUT2D eigenvalue weighted by Crippen LogP contribution is 2.46. The summed E-state index contributed by atoms with van der Waals surface area (Å²) in [6.07, 6.45) is 14.2. The number of pyridine rings is 1. The SMILES string of the molecule is O=C(O)C(c1cnn(Cc2ccccc2)c1)N1CC[C@@H](C(F)(F)CCCCC2=NC(C3CC[C@@H](C(F)(F)CCCCc4ccc5c(n4)NCCC5)C3)C=C2)C1. The van der Waals surface area contributed by atoms with Crippen LogP contribution in [0.15, 0.2) is 72.0 Å². The lowest BCUT2D eigenvalue weighted by Crippen LogP contribution is -2.35. The maximum Gasteiger partial charge on any atom is 0.325 e. The molecule has 3 unspecified atom stereocenters. The van der Waals surface area contributed by atoms with E-state index in [2.05, 4.69) is 16.5 Å². The Morgan fingerprint density at radius 1 is 0.945 bits per heavy atom. The molecule has 4 aliphatic rings. The molecule has 8 nitrogen and oxygen atoms in total. The molecule has 1 saturated heterocycles. The third kappa shape index (κ3) is 9.85. The predicted molar refractivity (Wildman–Crippen MR) is 206 cm³/mol. The first-order valence-corrected chi connectivity index (χ1v) is 20.3. The zero-order valence-electron chi connectivity index (χ0n) is 31.6. The second kappa shape index (κ2) is 17.4. The van der Waals surface area contributed by atoms with Crippen molar-refractivity contribution in [3.05, 3.63) is 89.4 Å². The fraction of sp³-hybridized carbons (Fsp3) is 0.581. The minimum Gasteiger partial charge on any atom is -0.480 e. The molecule has 296 valence electrons. The number of carboxylic acids is 1. The summed E-state index contributed by atoms with van der Waals surface area (Å²) in [6.45, 7) is 1.71. The molecule has 0 amide bonds. The number of carboxylic acid groups (broad SMARTS) is 1. The molecule has 3 aromatic rings. The molecule has 2 aromatic heterocycles. The summed E-state index contributed by atoms with van der Waals surface area (Å²) >= 11 is 0. The summed E-state index contributed by atoms with van der Waals surface area (Å²) in [6, 6.07) is 12.7. The van der Waals surface area contributed by atoms with Crippen LogP contribution >= 0.6 is 0 Å². The molecule has 2 N–H and O–H groups in total. The minimum atomic E-state index is -2.91. The molecule has 55 heavy (non-hydrogen) atoms. The first kappa shape index (κ1) is 39.2. The highest BCUT2D eigenvalue weighted by atomic mass is 19.3. The number of nitrogens with zero attached hydrogens (tertiary/aromatic N) is 5. The highest BCUT2D eigenvalue weighted by Gasteiger charge is 2.46. The lowest BCUT2D eigenvalue weighted by Gasteiger charge is -2.26. The van der Waals surface area contributed by atoms with Crippen LogP contribution in [-0.2, 0) is 24.2 Å². The van der Waals surface area contributed by atoms with Crippen molar-refractivity contribution in [2.75, 3.05) is 25.0 Å². The van der Waals surface area contributed by atoms with E-state index in [1.165, 1.54) is 11.8 Å². The zero-order chi connectivity index (χ0) is 38.4. The number of halogens is 4. The molecule has 7 rings (SSSR count). The summed E-state index contributed by atoms with van der Waals surface area (Å²) in [5.41, 5.74) is 4.56. The predicted octanol–water partition coefficient (Wildman–Crippen LogP) is 9.17. The van der Waals surface area contributed by atoms with E-state index in [0.717, 1.165) is 48.6 Å². The van der Waals surface area contributed by atoms with Gasteiger partial charge in [-0.05, 0) is 113 Å². The second-order valence-corrected chi connectivity index (χ2v) is 16.2. The quantitative estimate of drug-likeness (QED) is 0.0992. The smallest absolute Gasteiger partial charge is 0.325 e. The number of rotatable bonds is 18. The van der Waals surface area contributed by atoms with E-state index in [4.69, 9.17) is 9.98 Å². The number of aliphatic carboxylic acids is 1. The van der Waals surface area contributed by atoms with Crippen LogP contribution in [0, 0.1) is 17.8 Å². The molecule has 3 aliphatic heterocycles. The Hall–Kier alpha value is -4.06. The Morgan fingerprint density at radius 2 is 1.73 bits per heavy atom. The van der Waals surface area contributed by atoms with Gasteiger partial charge >= 0.3 is 5.97 Å². The number of allylic oxidation sites excluding steroid dienone is 1. The van der Waals surface area contributed by atoms with Gasteiger partial charge in [-0.2, -0.15) is 5.10 Å². The number of fused-ring (bicyclic) bond motifs is 1. The van der Waals surface area contributed by atoms with Crippen molar-refractivity contribution in [1.82, 2.24) is 19.7 Å². The fourth-order valence-electron chi connectivity index (χ4n) is 9.11. The van der Waals surface area contributed by atoms with E-state index in [1.54, 1.807) is 15.8 Å². The van der Waals surface area contributed by atoms with Crippen LogP contribution in [-0.4, -0.2) is 74.0 Å². The maximum atomic E-state index is 15.4. The Bertz CT molecular complexity index is 1810. The van der Waals surface area contributed by atoms with Gasteiger partial charge in [0.05, 0.1) is 18.8 Å². The van der Waals surface area contributed by atoms with E-state index >= 15 is 17.6 Å². The molecule has 0 bridgehead atoms. The summed E-state index contributed by atoms with van der Waals surface area (Å²) in [5.74, 6) is -7.20. The number of aliphatic imine (C=N–C) groups is 1. The van der Waals surface area contributed by atoms with Crippen molar-refractivity contribution in [3.63, 3.8) is 0 Å². The lowest BCUT2D eigenvalue weighted by atomic mass is 9.91. The fourth-order valence-corrected chi connectivity index (χ4v) is 9.11. The summed E-state index contributed by atoms with van der Waals surface area (Å²) in [4.78, 5) is 23.5. The third-order valence-electron chi connectivity index (χ3n) is 12.3. The second-order valence-electron chi connectivity index (χ2n) is 16.2. The Morgan fingerprint density at radius 3 is 2.53 bits per heavy atom. The van der Waals surface area contributed by atoms with Crippen molar-refractivity contribution < 1.29 is 27.5 Å². The van der Waals surface area contributed by atoms with Gasteiger partial charge in [-0.25, -0.2) is 22.5 Å². The number of hydrogen-bond donors (Lipinski definition) is 2. The molecular weight excluding hydrogens is 709 g/mol. The van der Waals surface area contributed by atoms with Crippen molar-refractivity contribution in [3.8, 4) is 0 Å². The average molecular weight is 763 g/mol. The van der Waals surface area contributed by atoms with E-state index in [1.807, 2.05) is 48.6 Å². The number of anilines is 1. The number of carbonyl (C=O) groups is 1. The van der Waals surface area contributed by atoms with Gasteiger partial charge in [0.2, 0.25) is 0 Å². The van der Waals surface area contributed by atoms with Gasteiger partial charge in [0.1, 0.15) is 11.9 Å². The Kier molecular flexibility index (Phi) is 12.4. The molecule has 12 heteroatoms. The zero-order valence-corrected chi connectivity index (χ0v) is 31.6. The van der Waals surface area contributed by atoms with Gasteiger partial charge in [-0.3, -0.25) is 19.4 Å². The number of benzene rings is 1. The Labute approximate surface area is 321 Å². The monoisotopic (exact) mass is 762 g/mol. The van der Waals surface area contributed by atoms with Gasteiger partial charge in [0.25, 0.3) is 11.8 Å². The molecule has 5 heterocycles. The van der Waals surface area contributed by atoms with E-state index in [9.17, 15) is 9.90 Å². The van der Waals surface area contributed by atoms with Crippen LogP contribution < -0.4 is 5.32 Å². The van der Waals surface area contributed by atoms with Gasteiger partial charge in [-0.1, -0.05) is 42.5 Å². The summed E-state index contributed by atoms with van der Waals surface area (Å²) in [5, 5.41) is 17.7. The summed E-state index contributed by atoms with van der Waals surface area (Å²) in [7, 11) is 0. The van der Waals surface area contributed by atoms with E-state index < -0.39 is 35.7 Å². The van der Waals surface area contributed by atoms with Crippen molar-refractivity contribution >= 4 is 17.5 Å². The van der Waals surface area contributed by atoms with Crippen LogP contribution in [0.4, 0.5) is 23.4 Å². The van der Waals surface area contributed by atoms with Crippen LogP contribution in [0.3, 0.4) is 0 Å². The normalized spacial score (nSPS) is 23.5. The number of hydrogen-bond acceptors (Lipinski definition) is 6. The molecule has 0 spiro atoms.